The number of fused-ring (bicyclic) bond motifs is 1. The van der Waals surface area contributed by atoms with Crippen molar-refractivity contribution in [2.75, 3.05) is 0 Å². The summed E-state index contributed by atoms with van der Waals surface area (Å²) in [6.45, 7) is 2.07. The Labute approximate surface area is 131 Å². The van der Waals surface area contributed by atoms with Gasteiger partial charge in [0.05, 0.1) is 21.5 Å². The molecule has 2 aliphatic carbocycles. The molecule has 1 aromatic carbocycles. The normalized spacial score (nSPS) is 28.6. The molecule has 0 bridgehead atoms. The first kappa shape index (κ1) is 15.4. The number of non-ortho nitro benzene ring substituents is 2. The lowest BCUT2D eigenvalue weighted by Gasteiger charge is -2.28. The number of benzene rings is 1. The SMILES string of the molecule is C[C@@]12C[C@@H]1CCC[C@@H]2OC(=O)c1cc([N+](=O)[O-])cc([N+](=O)[O-])c1. The van der Waals surface area contributed by atoms with Gasteiger partial charge < -0.3 is 4.74 Å². The van der Waals surface area contributed by atoms with Crippen molar-refractivity contribution in [1.29, 1.82) is 0 Å². The molecule has 0 saturated heterocycles. The van der Waals surface area contributed by atoms with Gasteiger partial charge in [0.15, 0.2) is 0 Å². The maximum Gasteiger partial charge on any atom is 0.338 e. The topological polar surface area (TPSA) is 113 Å². The molecule has 2 aliphatic rings. The first-order valence-electron chi connectivity index (χ1n) is 7.46. The fraction of sp³-hybridized carbons (Fsp3) is 0.533. The Hall–Kier alpha value is -2.51. The van der Waals surface area contributed by atoms with Crippen LogP contribution in [0.5, 0.6) is 0 Å². The third-order valence-electron chi connectivity index (χ3n) is 5.02. The highest BCUT2D eigenvalue weighted by Crippen LogP contribution is 2.61. The van der Waals surface area contributed by atoms with Crippen LogP contribution in [-0.2, 0) is 4.74 Å². The molecule has 0 heterocycles. The summed E-state index contributed by atoms with van der Waals surface area (Å²) in [5.41, 5.74) is -1.16. The highest BCUT2D eigenvalue weighted by Gasteiger charge is 2.58. The fourth-order valence-corrected chi connectivity index (χ4v) is 3.49. The highest BCUT2D eigenvalue weighted by molar-refractivity contribution is 5.91. The summed E-state index contributed by atoms with van der Waals surface area (Å²) in [7, 11) is 0. The molecule has 8 heteroatoms. The molecule has 0 amide bonds. The van der Waals surface area contributed by atoms with Crippen LogP contribution in [0.15, 0.2) is 18.2 Å². The van der Waals surface area contributed by atoms with Crippen molar-refractivity contribution < 1.29 is 19.4 Å². The average Bonchev–Trinajstić information content (AvgIpc) is 3.19. The predicted molar refractivity (Wildman–Crippen MR) is 79.0 cm³/mol. The molecule has 3 atom stereocenters. The third kappa shape index (κ3) is 2.76. The van der Waals surface area contributed by atoms with Crippen LogP contribution < -0.4 is 0 Å². The van der Waals surface area contributed by atoms with E-state index in [-0.39, 0.29) is 17.1 Å². The van der Waals surface area contributed by atoms with E-state index in [1.165, 1.54) is 0 Å². The smallest absolute Gasteiger partial charge is 0.338 e. The molecular weight excluding hydrogens is 304 g/mol. The minimum absolute atomic E-state index is 0.0133. The Balaban J connectivity index is 1.84. The van der Waals surface area contributed by atoms with Gasteiger partial charge in [-0.2, -0.15) is 0 Å². The fourth-order valence-electron chi connectivity index (χ4n) is 3.49. The van der Waals surface area contributed by atoms with Crippen LogP contribution in [0, 0.1) is 31.6 Å². The van der Waals surface area contributed by atoms with Gasteiger partial charge in [0.1, 0.15) is 6.10 Å². The van der Waals surface area contributed by atoms with Crippen LogP contribution in [0.4, 0.5) is 11.4 Å². The van der Waals surface area contributed by atoms with E-state index in [0.29, 0.717) is 5.92 Å². The second-order valence-electron chi connectivity index (χ2n) is 6.48. The molecule has 8 nitrogen and oxygen atoms in total. The second-order valence-corrected chi connectivity index (χ2v) is 6.48. The highest BCUT2D eigenvalue weighted by atomic mass is 16.6. The van der Waals surface area contributed by atoms with Crippen molar-refractivity contribution in [3.63, 3.8) is 0 Å². The molecule has 0 radical (unpaired) electrons. The van der Waals surface area contributed by atoms with Gasteiger partial charge >= 0.3 is 5.97 Å². The van der Waals surface area contributed by atoms with Crippen LogP contribution in [0.1, 0.15) is 43.0 Å². The van der Waals surface area contributed by atoms with Crippen LogP contribution in [0.3, 0.4) is 0 Å². The summed E-state index contributed by atoms with van der Waals surface area (Å²) < 4.78 is 5.52. The summed E-state index contributed by atoms with van der Waals surface area (Å²) in [4.78, 5) is 32.5. The minimum Gasteiger partial charge on any atom is -0.458 e. The molecule has 23 heavy (non-hydrogen) atoms. The maximum atomic E-state index is 12.3. The van der Waals surface area contributed by atoms with E-state index < -0.39 is 27.2 Å². The largest absolute Gasteiger partial charge is 0.458 e. The minimum atomic E-state index is -0.761. The summed E-state index contributed by atoms with van der Waals surface area (Å²) in [5, 5.41) is 21.8. The summed E-state index contributed by atoms with van der Waals surface area (Å²) in [6, 6.07) is 2.87. The lowest BCUT2D eigenvalue weighted by Crippen LogP contribution is -2.30. The third-order valence-corrected chi connectivity index (χ3v) is 5.02. The lowest BCUT2D eigenvalue weighted by atomic mass is 9.87. The van der Waals surface area contributed by atoms with Gasteiger partial charge in [-0.1, -0.05) is 6.92 Å². The molecule has 2 saturated carbocycles. The van der Waals surface area contributed by atoms with Gasteiger partial charge in [0, 0.05) is 17.5 Å². The molecule has 0 aliphatic heterocycles. The van der Waals surface area contributed by atoms with E-state index >= 15 is 0 Å². The number of carbonyl (C=O) groups is 1. The molecular formula is C15H16N2O6. The van der Waals surface area contributed by atoms with Gasteiger partial charge in [0.25, 0.3) is 11.4 Å². The standard InChI is InChI=1S/C15H16N2O6/c1-15-8-10(15)3-2-4-13(15)23-14(18)9-5-11(16(19)20)7-12(6-9)17(21)22/h5-7,10,13H,2-4,8H2,1H3/t10-,13-,15+/m0/s1. The number of hydrogen-bond donors (Lipinski definition) is 0. The Morgan fingerprint density at radius 2 is 1.78 bits per heavy atom. The second kappa shape index (κ2) is 5.29. The summed E-state index contributed by atoms with van der Waals surface area (Å²) in [6.07, 6.45) is 3.66. The monoisotopic (exact) mass is 320 g/mol. The number of rotatable bonds is 4. The molecule has 1 aromatic rings. The Morgan fingerprint density at radius 3 is 2.35 bits per heavy atom. The number of hydrogen-bond acceptors (Lipinski definition) is 6. The van der Waals surface area contributed by atoms with E-state index in [0.717, 1.165) is 43.9 Å². The van der Waals surface area contributed by atoms with Crippen LogP contribution >= 0.6 is 0 Å². The Kier molecular flexibility index (Phi) is 3.54. The number of nitro benzene ring substituents is 2. The van der Waals surface area contributed by atoms with Crippen molar-refractivity contribution in [1.82, 2.24) is 0 Å². The molecule has 3 rings (SSSR count). The van der Waals surface area contributed by atoms with Gasteiger partial charge in [-0.15, -0.1) is 0 Å². The summed E-state index contributed by atoms with van der Waals surface area (Å²) >= 11 is 0. The average molecular weight is 320 g/mol. The Morgan fingerprint density at radius 1 is 1.17 bits per heavy atom. The molecule has 0 aromatic heterocycles. The number of nitrogens with zero attached hydrogens (tertiary/aromatic N) is 2. The molecule has 0 N–H and O–H groups in total. The summed E-state index contributed by atoms with van der Waals surface area (Å²) in [5.74, 6) is -0.177. The van der Waals surface area contributed by atoms with E-state index in [2.05, 4.69) is 6.92 Å². The molecule has 0 unspecified atom stereocenters. The van der Waals surface area contributed by atoms with Crippen molar-refractivity contribution in [3.8, 4) is 0 Å². The maximum absolute atomic E-state index is 12.3. The quantitative estimate of drug-likeness (QED) is 0.478. The van der Waals surface area contributed by atoms with Crippen molar-refractivity contribution in [3.05, 3.63) is 44.0 Å². The Bertz CT molecular complexity index is 671. The van der Waals surface area contributed by atoms with Crippen molar-refractivity contribution in [2.45, 2.75) is 38.7 Å². The van der Waals surface area contributed by atoms with Crippen LogP contribution in [0.2, 0.25) is 0 Å². The number of ether oxygens (including phenoxy) is 1. The number of nitro groups is 2. The molecule has 2 fully saturated rings. The first-order valence-corrected chi connectivity index (χ1v) is 7.46. The zero-order valence-corrected chi connectivity index (χ0v) is 12.6. The van der Waals surface area contributed by atoms with E-state index in [1.54, 1.807) is 0 Å². The van der Waals surface area contributed by atoms with Gasteiger partial charge in [-0.05, 0) is 31.6 Å². The van der Waals surface area contributed by atoms with Gasteiger partial charge in [-0.25, -0.2) is 4.79 Å². The van der Waals surface area contributed by atoms with Gasteiger partial charge in [-0.3, -0.25) is 20.2 Å². The van der Waals surface area contributed by atoms with Crippen molar-refractivity contribution in [2.24, 2.45) is 11.3 Å². The predicted octanol–water partition coefficient (Wildman–Crippen LogP) is 3.24. The van der Waals surface area contributed by atoms with Gasteiger partial charge in [0.2, 0.25) is 0 Å². The van der Waals surface area contributed by atoms with Crippen LogP contribution in [-0.4, -0.2) is 21.9 Å². The number of esters is 1. The van der Waals surface area contributed by atoms with E-state index in [1.807, 2.05) is 0 Å². The van der Waals surface area contributed by atoms with E-state index in [9.17, 15) is 25.0 Å². The molecule has 0 spiro atoms. The zero-order chi connectivity index (χ0) is 16.8. The lowest BCUT2D eigenvalue weighted by molar-refractivity contribution is -0.394. The number of carbonyl (C=O) groups excluding carboxylic acids is 1. The molecule has 122 valence electrons. The first-order chi connectivity index (χ1) is 10.8. The van der Waals surface area contributed by atoms with Crippen molar-refractivity contribution >= 4 is 17.3 Å². The van der Waals surface area contributed by atoms with E-state index in [4.69, 9.17) is 4.74 Å². The zero-order valence-electron chi connectivity index (χ0n) is 12.6. The van der Waals surface area contributed by atoms with Crippen LogP contribution in [0.25, 0.3) is 0 Å².